The topological polar surface area (TPSA) is 45.2 Å². The zero-order chi connectivity index (χ0) is 9.80. The fourth-order valence-electron chi connectivity index (χ4n) is 2.14. The summed E-state index contributed by atoms with van der Waals surface area (Å²) in [5.41, 5.74) is 1.16. The lowest BCUT2D eigenvalue weighted by molar-refractivity contribution is 0.230. The number of aliphatic hydroxyl groups is 1. The normalized spacial score (nSPS) is 23.6. The number of aliphatic hydroxyl groups excluding tert-OH is 1. The highest BCUT2D eigenvalue weighted by Gasteiger charge is 2.25. The molecular weight excluding hydrogens is 176 g/mol. The van der Waals surface area contributed by atoms with Gasteiger partial charge in [-0.25, -0.2) is 0 Å². The van der Waals surface area contributed by atoms with E-state index in [1.165, 1.54) is 0 Å². The Kier molecular flexibility index (Phi) is 3.11. The summed E-state index contributed by atoms with van der Waals surface area (Å²) in [4.78, 5) is 4.09. The second-order valence-corrected chi connectivity index (χ2v) is 3.83. The van der Waals surface area contributed by atoms with E-state index in [9.17, 15) is 5.11 Å². The molecule has 0 saturated carbocycles. The van der Waals surface area contributed by atoms with Gasteiger partial charge in [0.05, 0.1) is 6.61 Å². The average Bonchev–Trinajstić information content (AvgIpc) is 2.74. The summed E-state index contributed by atoms with van der Waals surface area (Å²) in [6, 6.07) is 3.98. The maximum absolute atomic E-state index is 9.38. The Bertz CT molecular complexity index is 270. The number of rotatable bonds is 3. The molecule has 1 aromatic rings. The molecular formula is C11H16N2O. The maximum Gasteiger partial charge on any atom is 0.0503 e. The number of aromatic nitrogens is 1. The van der Waals surface area contributed by atoms with Crippen LogP contribution in [-0.4, -0.2) is 29.8 Å². The third-order valence-electron chi connectivity index (χ3n) is 2.98. The quantitative estimate of drug-likeness (QED) is 0.743. The van der Waals surface area contributed by atoms with Gasteiger partial charge < -0.3 is 10.4 Å². The van der Waals surface area contributed by atoms with Crippen LogP contribution in [0, 0.1) is 5.92 Å². The van der Waals surface area contributed by atoms with Crippen molar-refractivity contribution < 1.29 is 5.11 Å². The van der Waals surface area contributed by atoms with Crippen LogP contribution in [0.2, 0.25) is 0 Å². The smallest absolute Gasteiger partial charge is 0.0503 e. The standard InChI is InChI=1S/C11H16N2O/c14-8-11(10-3-5-13-7-10)9-2-1-4-12-6-9/h1-2,4,6,10-11,13-14H,3,5,7-8H2. The number of hydrogen-bond donors (Lipinski definition) is 2. The molecule has 1 aliphatic rings. The van der Waals surface area contributed by atoms with E-state index in [2.05, 4.69) is 10.3 Å². The minimum Gasteiger partial charge on any atom is -0.396 e. The van der Waals surface area contributed by atoms with Crippen molar-refractivity contribution in [2.24, 2.45) is 5.92 Å². The lowest BCUT2D eigenvalue weighted by atomic mass is 9.87. The van der Waals surface area contributed by atoms with E-state index in [1.807, 2.05) is 18.3 Å². The van der Waals surface area contributed by atoms with Crippen LogP contribution in [0.15, 0.2) is 24.5 Å². The monoisotopic (exact) mass is 192 g/mol. The molecule has 2 N–H and O–H groups in total. The molecule has 0 aromatic carbocycles. The van der Waals surface area contributed by atoms with Crippen LogP contribution in [-0.2, 0) is 0 Å². The van der Waals surface area contributed by atoms with Gasteiger partial charge in [-0.1, -0.05) is 6.07 Å². The summed E-state index contributed by atoms with van der Waals surface area (Å²) >= 11 is 0. The van der Waals surface area contributed by atoms with Gasteiger partial charge in [-0.15, -0.1) is 0 Å². The first-order chi connectivity index (χ1) is 6.92. The Balaban J connectivity index is 2.12. The van der Waals surface area contributed by atoms with Crippen molar-refractivity contribution in [3.63, 3.8) is 0 Å². The summed E-state index contributed by atoms with van der Waals surface area (Å²) in [6.07, 6.45) is 4.78. The molecule has 2 atom stereocenters. The first kappa shape index (κ1) is 9.62. The number of pyridine rings is 1. The molecule has 1 aliphatic heterocycles. The zero-order valence-electron chi connectivity index (χ0n) is 8.19. The average molecular weight is 192 g/mol. The molecule has 1 fully saturated rings. The van der Waals surface area contributed by atoms with Gasteiger partial charge in [0.25, 0.3) is 0 Å². The maximum atomic E-state index is 9.38. The van der Waals surface area contributed by atoms with Gasteiger partial charge in [-0.3, -0.25) is 4.98 Å². The Morgan fingerprint density at radius 3 is 3.14 bits per heavy atom. The Morgan fingerprint density at radius 1 is 1.64 bits per heavy atom. The summed E-state index contributed by atoms with van der Waals surface area (Å²) in [5.74, 6) is 0.808. The summed E-state index contributed by atoms with van der Waals surface area (Å²) < 4.78 is 0. The van der Waals surface area contributed by atoms with E-state index >= 15 is 0 Å². The molecule has 0 bridgehead atoms. The van der Waals surface area contributed by atoms with Crippen LogP contribution in [0.25, 0.3) is 0 Å². The Labute approximate surface area is 84.2 Å². The largest absolute Gasteiger partial charge is 0.396 e. The predicted octanol–water partition coefficient (Wildman–Crippen LogP) is 0.767. The molecule has 3 heteroatoms. The van der Waals surface area contributed by atoms with Gasteiger partial charge >= 0.3 is 0 Å². The molecule has 1 aromatic heterocycles. The molecule has 2 heterocycles. The van der Waals surface area contributed by atoms with Crippen LogP contribution in [0.1, 0.15) is 17.9 Å². The van der Waals surface area contributed by atoms with E-state index in [4.69, 9.17) is 0 Å². The summed E-state index contributed by atoms with van der Waals surface area (Å²) in [6.45, 7) is 2.31. The SMILES string of the molecule is OCC(c1cccnc1)C1CCNC1. The second-order valence-electron chi connectivity index (χ2n) is 3.83. The third-order valence-corrected chi connectivity index (χ3v) is 2.98. The van der Waals surface area contributed by atoms with Gasteiger partial charge in [0, 0.05) is 18.3 Å². The predicted molar refractivity (Wildman–Crippen MR) is 55.0 cm³/mol. The van der Waals surface area contributed by atoms with E-state index in [0.29, 0.717) is 5.92 Å². The fraction of sp³-hybridized carbons (Fsp3) is 0.545. The van der Waals surface area contributed by atoms with Crippen molar-refractivity contribution in [1.82, 2.24) is 10.3 Å². The van der Waals surface area contributed by atoms with E-state index in [1.54, 1.807) is 6.20 Å². The zero-order valence-corrected chi connectivity index (χ0v) is 8.19. The molecule has 14 heavy (non-hydrogen) atoms. The number of nitrogens with one attached hydrogen (secondary N) is 1. The van der Waals surface area contributed by atoms with Crippen molar-refractivity contribution in [3.8, 4) is 0 Å². The number of hydrogen-bond acceptors (Lipinski definition) is 3. The highest BCUT2D eigenvalue weighted by atomic mass is 16.3. The van der Waals surface area contributed by atoms with Crippen LogP contribution >= 0.6 is 0 Å². The highest BCUT2D eigenvalue weighted by Crippen LogP contribution is 2.27. The lowest BCUT2D eigenvalue weighted by Crippen LogP contribution is -2.19. The summed E-state index contributed by atoms with van der Waals surface area (Å²) in [5, 5.41) is 12.7. The minimum atomic E-state index is 0.220. The van der Waals surface area contributed by atoms with Crippen LogP contribution in [0.3, 0.4) is 0 Å². The van der Waals surface area contributed by atoms with Gasteiger partial charge in [-0.2, -0.15) is 0 Å². The van der Waals surface area contributed by atoms with Crippen LogP contribution < -0.4 is 5.32 Å². The molecule has 0 aliphatic carbocycles. The van der Waals surface area contributed by atoms with Crippen molar-refractivity contribution in [2.45, 2.75) is 12.3 Å². The van der Waals surface area contributed by atoms with Gasteiger partial charge in [0.2, 0.25) is 0 Å². The van der Waals surface area contributed by atoms with Crippen molar-refractivity contribution in [2.75, 3.05) is 19.7 Å². The first-order valence-corrected chi connectivity index (χ1v) is 5.13. The Hall–Kier alpha value is -0.930. The van der Waals surface area contributed by atoms with E-state index < -0.39 is 0 Å². The second kappa shape index (κ2) is 4.53. The molecule has 2 unspecified atom stereocenters. The summed E-state index contributed by atoms with van der Waals surface area (Å²) in [7, 11) is 0. The van der Waals surface area contributed by atoms with Gasteiger partial charge in [0.15, 0.2) is 0 Å². The van der Waals surface area contributed by atoms with Crippen molar-refractivity contribution in [1.29, 1.82) is 0 Å². The molecule has 0 amide bonds. The molecule has 0 radical (unpaired) electrons. The molecule has 0 spiro atoms. The van der Waals surface area contributed by atoms with E-state index in [-0.39, 0.29) is 12.5 Å². The number of nitrogens with zero attached hydrogens (tertiary/aromatic N) is 1. The minimum absolute atomic E-state index is 0.220. The van der Waals surface area contributed by atoms with Crippen molar-refractivity contribution >= 4 is 0 Å². The van der Waals surface area contributed by atoms with Crippen molar-refractivity contribution in [3.05, 3.63) is 30.1 Å². The third kappa shape index (κ3) is 1.94. The first-order valence-electron chi connectivity index (χ1n) is 5.13. The molecule has 3 nitrogen and oxygen atoms in total. The highest BCUT2D eigenvalue weighted by molar-refractivity contribution is 5.16. The fourth-order valence-corrected chi connectivity index (χ4v) is 2.14. The lowest BCUT2D eigenvalue weighted by Gasteiger charge is -2.20. The van der Waals surface area contributed by atoms with Gasteiger partial charge in [0.1, 0.15) is 0 Å². The molecule has 2 rings (SSSR count). The molecule has 76 valence electrons. The Morgan fingerprint density at radius 2 is 2.57 bits per heavy atom. The molecule has 1 saturated heterocycles. The van der Waals surface area contributed by atoms with Crippen LogP contribution in [0.5, 0.6) is 0 Å². The van der Waals surface area contributed by atoms with Gasteiger partial charge in [-0.05, 0) is 37.1 Å². The van der Waals surface area contributed by atoms with E-state index in [0.717, 1.165) is 25.1 Å². The van der Waals surface area contributed by atoms with Crippen LogP contribution in [0.4, 0.5) is 0 Å².